The molecule has 0 spiro atoms. The van der Waals surface area contributed by atoms with E-state index in [1.165, 1.54) is 12.1 Å². The molecule has 0 unspecified atom stereocenters. The van der Waals surface area contributed by atoms with Gasteiger partial charge in [0, 0.05) is 12.1 Å². The summed E-state index contributed by atoms with van der Waals surface area (Å²) in [6.45, 7) is 4.17. The quantitative estimate of drug-likeness (QED) is 0.314. The molecule has 0 heterocycles. The van der Waals surface area contributed by atoms with Gasteiger partial charge in [-0.15, -0.1) is 0 Å². The highest BCUT2D eigenvalue weighted by Gasteiger charge is 2.23. The second kappa shape index (κ2) is 8.30. The van der Waals surface area contributed by atoms with Crippen LogP contribution in [0, 0.1) is 10.1 Å². The van der Waals surface area contributed by atoms with E-state index in [4.69, 9.17) is 4.74 Å². The van der Waals surface area contributed by atoms with Crippen molar-refractivity contribution < 1.29 is 14.5 Å². The molecule has 0 amide bonds. The van der Waals surface area contributed by atoms with Crippen molar-refractivity contribution in [2.75, 3.05) is 6.61 Å². The van der Waals surface area contributed by atoms with Gasteiger partial charge < -0.3 is 4.74 Å². The summed E-state index contributed by atoms with van der Waals surface area (Å²) in [6.07, 6.45) is 3.66. The van der Waals surface area contributed by atoms with Gasteiger partial charge in [0.1, 0.15) is 0 Å². The lowest BCUT2D eigenvalue weighted by molar-refractivity contribution is -0.384. The number of benzene rings is 1. The number of non-ortho nitro benzene ring substituents is 1. The highest BCUT2D eigenvalue weighted by atomic mass is 16.6. The third-order valence-electron chi connectivity index (χ3n) is 3.15. The van der Waals surface area contributed by atoms with E-state index in [0.29, 0.717) is 18.6 Å². The van der Waals surface area contributed by atoms with Gasteiger partial charge >= 0.3 is 5.97 Å². The Bertz CT molecular complexity index is 459. The van der Waals surface area contributed by atoms with Crippen molar-refractivity contribution in [3.05, 3.63) is 39.9 Å². The normalized spacial score (nSPS) is 11.9. The summed E-state index contributed by atoms with van der Waals surface area (Å²) in [4.78, 5) is 22.4. The van der Waals surface area contributed by atoms with E-state index in [-0.39, 0.29) is 11.7 Å². The number of carbonyl (C=O) groups excluding carboxylic acids is 1. The molecule has 0 fully saturated rings. The molecule has 0 aliphatic rings. The van der Waals surface area contributed by atoms with E-state index in [2.05, 4.69) is 6.92 Å². The molecule has 0 bridgehead atoms. The van der Waals surface area contributed by atoms with Gasteiger partial charge in [-0.1, -0.05) is 38.3 Å². The van der Waals surface area contributed by atoms with Gasteiger partial charge in [0.05, 0.1) is 17.4 Å². The van der Waals surface area contributed by atoms with Crippen LogP contribution < -0.4 is 0 Å². The molecular weight excluding hydrogens is 258 g/mol. The molecule has 1 aromatic rings. The van der Waals surface area contributed by atoms with Crippen molar-refractivity contribution in [2.45, 2.75) is 45.4 Å². The van der Waals surface area contributed by atoms with Crippen molar-refractivity contribution in [3.63, 3.8) is 0 Å². The minimum Gasteiger partial charge on any atom is -0.466 e. The van der Waals surface area contributed by atoms with Crippen LogP contribution in [-0.4, -0.2) is 17.5 Å². The maximum absolute atomic E-state index is 12.0. The molecule has 0 saturated carbocycles. The third kappa shape index (κ3) is 4.64. The molecule has 0 radical (unpaired) electrons. The number of nitrogens with zero attached hydrogens (tertiary/aromatic N) is 1. The van der Waals surface area contributed by atoms with E-state index in [1.54, 1.807) is 19.1 Å². The number of ether oxygens (including phenoxy) is 1. The summed E-state index contributed by atoms with van der Waals surface area (Å²) in [6, 6.07) is 6.26. The van der Waals surface area contributed by atoms with Crippen LogP contribution in [0.15, 0.2) is 24.3 Å². The van der Waals surface area contributed by atoms with Crippen LogP contribution in [0.5, 0.6) is 0 Å². The molecule has 5 nitrogen and oxygen atoms in total. The number of hydrogen-bond donors (Lipinski definition) is 0. The molecule has 1 atom stereocenters. The van der Waals surface area contributed by atoms with Crippen LogP contribution in [0.3, 0.4) is 0 Å². The predicted molar refractivity (Wildman–Crippen MR) is 76.6 cm³/mol. The maximum Gasteiger partial charge on any atom is 0.313 e. The van der Waals surface area contributed by atoms with Gasteiger partial charge in [0.2, 0.25) is 0 Å². The SMILES string of the molecule is CCCCC[C@@H](C(=O)OCC)c1cccc([N+](=O)[O-])c1. The van der Waals surface area contributed by atoms with Crippen LogP contribution in [0.4, 0.5) is 5.69 Å². The third-order valence-corrected chi connectivity index (χ3v) is 3.15. The minimum atomic E-state index is -0.447. The van der Waals surface area contributed by atoms with Crippen molar-refractivity contribution in [1.29, 1.82) is 0 Å². The Morgan fingerprint density at radius 3 is 2.70 bits per heavy atom. The zero-order valence-electron chi connectivity index (χ0n) is 12.0. The molecule has 110 valence electrons. The van der Waals surface area contributed by atoms with Crippen molar-refractivity contribution in [2.24, 2.45) is 0 Å². The number of unbranched alkanes of at least 4 members (excludes halogenated alkanes) is 2. The average molecular weight is 279 g/mol. The molecule has 1 aromatic carbocycles. The first-order chi connectivity index (χ1) is 9.60. The molecule has 20 heavy (non-hydrogen) atoms. The number of carbonyl (C=O) groups is 1. The number of esters is 1. The lowest BCUT2D eigenvalue weighted by atomic mass is 9.93. The Hall–Kier alpha value is -1.91. The van der Waals surface area contributed by atoms with Crippen molar-refractivity contribution in [3.8, 4) is 0 Å². The standard InChI is InChI=1S/C15H21NO4/c1-3-5-6-10-14(15(17)20-4-2)12-8-7-9-13(11-12)16(18)19/h7-9,11,14H,3-6,10H2,1-2H3/t14-/m1/s1. The molecular formula is C15H21NO4. The molecule has 0 aliphatic heterocycles. The summed E-state index contributed by atoms with van der Waals surface area (Å²) in [5.41, 5.74) is 0.668. The minimum absolute atomic E-state index is 0.00675. The monoisotopic (exact) mass is 279 g/mol. The maximum atomic E-state index is 12.0. The van der Waals surface area contributed by atoms with E-state index >= 15 is 0 Å². The van der Waals surface area contributed by atoms with Crippen LogP contribution in [0.1, 0.15) is 51.0 Å². The Kier molecular flexibility index (Phi) is 6.70. The summed E-state index contributed by atoms with van der Waals surface area (Å²) < 4.78 is 5.08. The summed E-state index contributed by atoms with van der Waals surface area (Å²) >= 11 is 0. The zero-order chi connectivity index (χ0) is 15.0. The number of nitro benzene ring substituents is 1. The Balaban J connectivity index is 2.93. The Morgan fingerprint density at radius 1 is 1.35 bits per heavy atom. The first-order valence-corrected chi connectivity index (χ1v) is 7.01. The predicted octanol–water partition coefficient (Wildman–Crippen LogP) is 3.82. The highest BCUT2D eigenvalue weighted by Crippen LogP contribution is 2.27. The van der Waals surface area contributed by atoms with Gasteiger partial charge in [0.25, 0.3) is 5.69 Å². The largest absolute Gasteiger partial charge is 0.466 e. The van der Waals surface area contributed by atoms with E-state index in [0.717, 1.165) is 19.3 Å². The second-order valence-electron chi connectivity index (χ2n) is 4.65. The van der Waals surface area contributed by atoms with Crippen LogP contribution >= 0.6 is 0 Å². The van der Waals surface area contributed by atoms with Gasteiger partial charge in [0.15, 0.2) is 0 Å². The fourth-order valence-electron chi connectivity index (χ4n) is 2.12. The van der Waals surface area contributed by atoms with Crippen LogP contribution in [0.2, 0.25) is 0 Å². The highest BCUT2D eigenvalue weighted by molar-refractivity contribution is 5.78. The first kappa shape index (κ1) is 16.1. The number of hydrogen-bond acceptors (Lipinski definition) is 4. The second-order valence-corrected chi connectivity index (χ2v) is 4.65. The summed E-state index contributed by atoms with van der Waals surface area (Å²) in [7, 11) is 0. The van der Waals surface area contributed by atoms with Crippen LogP contribution in [0.25, 0.3) is 0 Å². The van der Waals surface area contributed by atoms with E-state index in [9.17, 15) is 14.9 Å². The zero-order valence-corrected chi connectivity index (χ0v) is 12.0. The summed E-state index contributed by atoms with van der Waals surface area (Å²) in [5, 5.41) is 10.8. The molecule has 0 aliphatic carbocycles. The molecule has 1 rings (SSSR count). The van der Waals surface area contributed by atoms with Gasteiger partial charge in [-0.2, -0.15) is 0 Å². The fourth-order valence-corrected chi connectivity index (χ4v) is 2.12. The lowest BCUT2D eigenvalue weighted by Crippen LogP contribution is -2.16. The molecule has 0 aromatic heterocycles. The molecule has 5 heteroatoms. The van der Waals surface area contributed by atoms with Gasteiger partial charge in [-0.3, -0.25) is 14.9 Å². The van der Waals surface area contributed by atoms with Gasteiger partial charge in [-0.25, -0.2) is 0 Å². The smallest absolute Gasteiger partial charge is 0.313 e. The summed E-state index contributed by atoms with van der Waals surface area (Å²) in [5.74, 6) is -0.717. The van der Waals surface area contributed by atoms with Crippen LogP contribution in [-0.2, 0) is 9.53 Å². The van der Waals surface area contributed by atoms with Gasteiger partial charge in [-0.05, 0) is 18.9 Å². The van der Waals surface area contributed by atoms with E-state index < -0.39 is 10.8 Å². The average Bonchev–Trinajstić information content (AvgIpc) is 2.44. The van der Waals surface area contributed by atoms with Crippen molar-refractivity contribution >= 4 is 11.7 Å². The number of rotatable bonds is 8. The lowest BCUT2D eigenvalue weighted by Gasteiger charge is -2.15. The molecule has 0 N–H and O–H groups in total. The van der Waals surface area contributed by atoms with E-state index in [1.807, 2.05) is 0 Å². The number of nitro groups is 1. The molecule has 0 saturated heterocycles. The fraction of sp³-hybridized carbons (Fsp3) is 0.533. The van der Waals surface area contributed by atoms with Crippen molar-refractivity contribution in [1.82, 2.24) is 0 Å². The first-order valence-electron chi connectivity index (χ1n) is 7.01. The Labute approximate surface area is 119 Å². The topological polar surface area (TPSA) is 69.4 Å². The Morgan fingerprint density at radius 2 is 2.10 bits per heavy atom.